The molecule has 0 rings (SSSR count). The van der Waals surface area contributed by atoms with Crippen LogP contribution in [0.4, 0.5) is 4.79 Å². The van der Waals surface area contributed by atoms with Gasteiger partial charge in [-0.1, -0.05) is 0 Å². The van der Waals surface area contributed by atoms with E-state index >= 15 is 0 Å². The lowest BCUT2D eigenvalue weighted by atomic mass is 10.2. The van der Waals surface area contributed by atoms with Crippen molar-refractivity contribution in [3.8, 4) is 12.3 Å². The van der Waals surface area contributed by atoms with Crippen molar-refractivity contribution >= 4 is 6.09 Å². The number of carbonyl (C=O) groups excluding carboxylic acids is 1. The number of ether oxygens (including phenoxy) is 1. The molecule has 0 aromatic heterocycles. The van der Waals surface area contributed by atoms with Gasteiger partial charge in [0, 0.05) is 6.42 Å². The van der Waals surface area contributed by atoms with Crippen LogP contribution in [0.5, 0.6) is 0 Å². The summed E-state index contributed by atoms with van der Waals surface area (Å²) in [6.45, 7) is 5.11. The molecule has 0 fully saturated rings. The number of nitrogens with one attached hydrogen (secondary N) is 1. The molecule has 0 heterocycles. The van der Waals surface area contributed by atoms with Crippen molar-refractivity contribution in [2.75, 3.05) is 6.61 Å². The number of alkyl carbamates (subject to hydrolysis) is 1. The zero-order chi connectivity index (χ0) is 11.2. The van der Waals surface area contributed by atoms with Crippen LogP contribution in [-0.2, 0) is 4.74 Å². The highest BCUT2D eigenvalue weighted by molar-refractivity contribution is 5.68. The summed E-state index contributed by atoms with van der Waals surface area (Å²) in [4.78, 5) is 11.2. The van der Waals surface area contributed by atoms with Gasteiger partial charge in [0.2, 0.25) is 0 Å². The van der Waals surface area contributed by atoms with E-state index in [1.165, 1.54) is 0 Å². The molecule has 1 atom stereocenters. The summed E-state index contributed by atoms with van der Waals surface area (Å²) < 4.78 is 4.99. The molecular formula is C10H17NO3. The highest BCUT2D eigenvalue weighted by Gasteiger charge is 2.18. The number of hydrogen-bond acceptors (Lipinski definition) is 3. The van der Waals surface area contributed by atoms with E-state index in [4.69, 9.17) is 16.3 Å². The minimum Gasteiger partial charge on any atom is -0.444 e. The van der Waals surface area contributed by atoms with Crippen molar-refractivity contribution in [1.29, 1.82) is 0 Å². The summed E-state index contributed by atoms with van der Waals surface area (Å²) in [5.41, 5.74) is -0.541. The van der Waals surface area contributed by atoms with Crippen LogP contribution in [0.25, 0.3) is 0 Å². The van der Waals surface area contributed by atoms with E-state index in [0.29, 0.717) is 0 Å². The average molecular weight is 199 g/mol. The first-order chi connectivity index (χ1) is 6.39. The molecule has 2 N–H and O–H groups in total. The van der Waals surface area contributed by atoms with Crippen LogP contribution in [0.2, 0.25) is 0 Å². The Morgan fingerprint density at radius 1 is 1.64 bits per heavy atom. The standard InChI is InChI=1S/C10H17NO3/c1-5-6-8(7-12)11-9(13)14-10(2,3)4/h1,8,12H,6-7H2,2-4H3,(H,11,13). The highest BCUT2D eigenvalue weighted by atomic mass is 16.6. The molecule has 80 valence electrons. The predicted octanol–water partition coefficient (Wildman–Crippen LogP) is 0.895. The topological polar surface area (TPSA) is 58.6 Å². The Balaban J connectivity index is 3.98. The van der Waals surface area contributed by atoms with Crippen LogP contribution in [-0.4, -0.2) is 29.4 Å². The Kier molecular flexibility index (Phi) is 5.03. The van der Waals surface area contributed by atoms with Gasteiger partial charge in [-0.05, 0) is 20.8 Å². The molecule has 4 heteroatoms. The van der Waals surface area contributed by atoms with Gasteiger partial charge in [0.25, 0.3) is 0 Å². The first-order valence-corrected chi connectivity index (χ1v) is 4.43. The Bertz CT molecular complexity index is 225. The molecule has 1 unspecified atom stereocenters. The molecule has 0 aromatic rings. The fourth-order valence-corrected chi connectivity index (χ4v) is 0.778. The van der Waals surface area contributed by atoms with Crippen molar-refractivity contribution < 1.29 is 14.6 Å². The zero-order valence-corrected chi connectivity index (χ0v) is 8.83. The van der Waals surface area contributed by atoms with Gasteiger partial charge in [-0.25, -0.2) is 4.79 Å². The lowest BCUT2D eigenvalue weighted by Gasteiger charge is -2.21. The first-order valence-electron chi connectivity index (χ1n) is 4.43. The summed E-state index contributed by atoms with van der Waals surface area (Å²) >= 11 is 0. The van der Waals surface area contributed by atoms with Gasteiger partial charge < -0.3 is 15.2 Å². The van der Waals surface area contributed by atoms with Gasteiger partial charge >= 0.3 is 6.09 Å². The second kappa shape index (κ2) is 5.51. The molecular weight excluding hydrogens is 182 g/mol. The molecule has 0 aliphatic carbocycles. The summed E-state index contributed by atoms with van der Waals surface area (Å²) in [7, 11) is 0. The van der Waals surface area contributed by atoms with Gasteiger partial charge in [0.15, 0.2) is 0 Å². The van der Waals surface area contributed by atoms with Crippen LogP contribution in [0.3, 0.4) is 0 Å². The normalized spacial score (nSPS) is 12.8. The van der Waals surface area contributed by atoms with Crippen molar-refractivity contribution in [3.05, 3.63) is 0 Å². The number of terminal acetylenes is 1. The van der Waals surface area contributed by atoms with Crippen LogP contribution in [0.15, 0.2) is 0 Å². The van der Waals surface area contributed by atoms with Gasteiger partial charge in [-0.3, -0.25) is 0 Å². The van der Waals surface area contributed by atoms with Crippen molar-refractivity contribution in [3.63, 3.8) is 0 Å². The van der Waals surface area contributed by atoms with Crippen molar-refractivity contribution in [2.24, 2.45) is 0 Å². The third-order valence-corrected chi connectivity index (χ3v) is 1.31. The van der Waals surface area contributed by atoms with Crippen LogP contribution < -0.4 is 5.32 Å². The van der Waals surface area contributed by atoms with E-state index in [0.717, 1.165) is 0 Å². The van der Waals surface area contributed by atoms with Crippen LogP contribution >= 0.6 is 0 Å². The number of amides is 1. The lowest BCUT2D eigenvalue weighted by molar-refractivity contribution is 0.0484. The molecule has 1 amide bonds. The monoisotopic (exact) mass is 199 g/mol. The molecule has 0 saturated carbocycles. The Labute approximate surface area is 84.6 Å². The van der Waals surface area contributed by atoms with Crippen LogP contribution in [0, 0.1) is 12.3 Å². The van der Waals surface area contributed by atoms with E-state index in [-0.39, 0.29) is 13.0 Å². The maximum absolute atomic E-state index is 11.2. The van der Waals surface area contributed by atoms with Gasteiger partial charge in [-0.2, -0.15) is 0 Å². The molecule has 0 aromatic carbocycles. The van der Waals surface area contributed by atoms with E-state index in [9.17, 15) is 4.79 Å². The quantitative estimate of drug-likeness (QED) is 0.664. The SMILES string of the molecule is C#CCC(CO)NC(=O)OC(C)(C)C. The van der Waals surface area contributed by atoms with Crippen molar-refractivity contribution in [1.82, 2.24) is 5.32 Å². The maximum atomic E-state index is 11.2. The van der Waals surface area contributed by atoms with E-state index in [2.05, 4.69) is 11.2 Å². The summed E-state index contributed by atoms with van der Waals surface area (Å²) in [6, 6.07) is -0.435. The molecule has 0 aliphatic heterocycles. The van der Waals surface area contributed by atoms with E-state index in [1.807, 2.05) is 0 Å². The average Bonchev–Trinajstić information content (AvgIpc) is 2.00. The molecule has 0 saturated heterocycles. The molecule has 0 radical (unpaired) electrons. The summed E-state index contributed by atoms with van der Waals surface area (Å²) in [6.07, 6.45) is 4.78. The van der Waals surface area contributed by atoms with Gasteiger partial charge in [-0.15, -0.1) is 12.3 Å². The Hall–Kier alpha value is -1.21. The molecule has 0 aliphatic rings. The van der Waals surface area contributed by atoms with E-state index in [1.54, 1.807) is 20.8 Å². The molecule has 4 nitrogen and oxygen atoms in total. The lowest BCUT2D eigenvalue weighted by Crippen LogP contribution is -2.40. The smallest absolute Gasteiger partial charge is 0.407 e. The minimum atomic E-state index is -0.563. The molecule has 14 heavy (non-hydrogen) atoms. The highest BCUT2D eigenvalue weighted by Crippen LogP contribution is 2.06. The van der Waals surface area contributed by atoms with E-state index < -0.39 is 17.7 Å². The largest absolute Gasteiger partial charge is 0.444 e. The zero-order valence-electron chi connectivity index (χ0n) is 8.83. The second-order valence-corrected chi connectivity index (χ2v) is 3.93. The maximum Gasteiger partial charge on any atom is 0.407 e. The Morgan fingerprint density at radius 2 is 2.21 bits per heavy atom. The van der Waals surface area contributed by atoms with Gasteiger partial charge in [0.05, 0.1) is 12.6 Å². The number of rotatable bonds is 3. The Morgan fingerprint density at radius 3 is 2.57 bits per heavy atom. The fraction of sp³-hybridized carbons (Fsp3) is 0.700. The number of carbonyl (C=O) groups is 1. The second-order valence-electron chi connectivity index (χ2n) is 3.93. The number of hydrogen-bond donors (Lipinski definition) is 2. The van der Waals surface area contributed by atoms with Crippen LogP contribution in [0.1, 0.15) is 27.2 Å². The molecule has 0 bridgehead atoms. The third kappa shape index (κ3) is 6.32. The fourth-order valence-electron chi connectivity index (χ4n) is 0.778. The number of aliphatic hydroxyl groups is 1. The summed E-state index contributed by atoms with van der Waals surface area (Å²) in [5, 5.41) is 11.3. The van der Waals surface area contributed by atoms with Crippen molar-refractivity contribution in [2.45, 2.75) is 38.8 Å². The first kappa shape index (κ1) is 12.8. The minimum absolute atomic E-state index is 0.191. The summed E-state index contributed by atoms with van der Waals surface area (Å²) in [5.74, 6) is 2.36. The number of aliphatic hydroxyl groups excluding tert-OH is 1. The van der Waals surface area contributed by atoms with Gasteiger partial charge in [0.1, 0.15) is 5.60 Å². The third-order valence-electron chi connectivity index (χ3n) is 1.31. The predicted molar refractivity (Wildman–Crippen MR) is 53.7 cm³/mol. The molecule has 0 spiro atoms.